The van der Waals surface area contributed by atoms with Gasteiger partial charge in [0.05, 0.1) is 6.04 Å². The Labute approximate surface area is 117 Å². The molecule has 1 aromatic carbocycles. The molecule has 1 N–H and O–H groups in total. The average Bonchev–Trinajstić information content (AvgIpc) is 2.37. The Balaban J connectivity index is 2.75. The Bertz CT molecular complexity index is 392. The van der Waals surface area contributed by atoms with Crippen molar-refractivity contribution in [3.63, 3.8) is 0 Å². The van der Waals surface area contributed by atoms with Gasteiger partial charge in [-0.2, -0.15) is 0 Å². The lowest BCUT2D eigenvalue weighted by Gasteiger charge is -2.20. The third-order valence-electron chi connectivity index (χ3n) is 3.36. The van der Waals surface area contributed by atoms with E-state index in [1.165, 1.54) is 11.1 Å². The number of benzene rings is 1. The van der Waals surface area contributed by atoms with E-state index in [1.807, 2.05) is 6.92 Å². The zero-order valence-corrected chi connectivity index (χ0v) is 12.9. The molecule has 0 fully saturated rings. The summed E-state index contributed by atoms with van der Waals surface area (Å²) in [5.74, 6) is 0.845. The molecule has 106 valence electrons. The predicted octanol–water partition coefficient (Wildman–Crippen LogP) is 3.70. The lowest BCUT2D eigenvalue weighted by atomic mass is 9.97. The van der Waals surface area contributed by atoms with Crippen molar-refractivity contribution < 1.29 is 4.79 Å². The van der Waals surface area contributed by atoms with Gasteiger partial charge in [0.15, 0.2) is 0 Å². The van der Waals surface area contributed by atoms with Crippen LogP contribution in [0.15, 0.2) is 24.3 Å². The summed E-state index contributed by atoms with van der Waals surface area (Å²) in [7, 11) is 0. The lowest BCUT2D eigenvalue weighted by Crippen LogP contribution is -2.42. The second-order valence-electron chi connectivity index (χ2n) is 5.79. The molecule has 1 rings (SSSR count). The van der Waals surface area contributed by atoms with Gasteiger partial charge in [-0.1, -0.05) is 58.9 Å². The molecule has 0 heterocycles. The molecule has 0 saturated carbocycles. The minimum absolute atomic E-state index is 0.0603. The van der Waals surface area contributed by atoms with E-state index in [0.717, 1.165) is 6.42 Å². The van der Waals surface area contributed by atoms with E-state index in [0.29, 0.717) is 24.2 Å². The maximum Gasteiger partial charge on any atom is 0.149 e. The second kappa shape index (κ2) is 7.44. The fourth-order valence-corrected chi connectivity index (χ4v) is 2.19. The fourth-order valence-electron chi connectivity index (χ4n) is 2.19. The number of nitrogens with one attached hydrogen (secondary N) is 1. The highest BCUT2D eigenvalue weighted by molar-refractivity contribution is 5.84. The minimum atomic E-state index is -0.0603. The normalized spacial score (nSPS) is 13.0. The van der Waals surface area contributed by atoms with Crippen LogP contribution in [0.2, 0.25) is 0 Å². The minimum Gasteiger partial charge on any atom is -0.305 e. The average molecular weight is 261 g/mol. The molecule has 1 unspecified atom stereocenters. The highest BCUT2D eigenvalue weighted by Crippen LogP contribution is 2.16. The smallest absolute Gasteiger partial charge is 0.149 e. The Morgan fingerprint density at radius 3 is 2.11 bits per heavy atom. The van der Waals surface area contributed by atoms with Gasteiger partial charge in [0.25, 0.3) is 0 Å². The molecule has 0 aliphatic heterocycles. The van der Waals surface area contributed by atoms with Gasteiger partial charge in [0, 0.05) is 12.5 Å². The first-order valence-electron chi connectivity index (χ1n) is 7.31. The molecule has 0 amide bonds. The fraction of sp³-hybridized carbons (Fsp3) is 0.588. The van der Waals surface area contributed by atoms with Crippen LogP contribution in [-0.4, -0.2) is 17.9 Å². The molecule has 0 bridgehead atoms. The van der Waals surface area contributed by atoms with Gasteiger partial charge < -0.3 is 5.32 Å². The largest absolute Gasteiger partial charge is 0.305 e. The lowest BCUT2D eigenvalue weighted by molar-refractivity contribution is -0.120. The van der Waals surface area contributed by atoms with Gasteiger partial charge in [0.1, 0.15) is 5.78 Å². The van der Waals surface area contributed by atoms with Crippen LogP contribution in [0.25, 0.3) is 0 Å². The molecular formula is C17H27NO. The van der Waals surface area contributed by atoms with E-state index in [-0.39, 0.29) is 6.04 Å². The standard InChI is InChI=1S/C17H27NO/c1-6-17(19)16(18-13(4)5)11-14-7-9-15(10-8-14)12(2)3/h7-10,12-13,16,18H,6,11H2,1-5H3. The molecule has 2 heteroatoms. The number of hydrogen-bond donors (Lipinski definition) is 1. The van der Waals surface area contributed by atoms with Gasteiger partial charge in [-0.25, -0.2) is 0 Å². The summed E-state index contributed by atoms with van der Waals surface area (Å²) in [4.78, 5) is 12.0. The van der Waals surface area contributed by atoms with Crippen LogP contribution in [-0.2, 0) is 11.2 Å². The van der Waals surface area contributed by atoms with Crippen molar-refractivity contribution >= 4 is 5.78 Å². The molecule has 0 aliphatic carbocycles. The van der Waals surface area contributed by atoms with Crippen LogP contribution in [0.3, 0.4) is 0 Å². The first-order chi connectivity index (χ1) is 8.93. The maximum atomic E-state index is 12.0. The van der Waals surface area contributed by atoms with E-state index < -0.39 is 0 Å². The van der Waals surface area contributed by atoms with Crippen LogP contribution in [0.1, 0.15) is 58.1 Å². The van der Waals surface area contributed by atoms with Crippen LogP contribution < -0.4 is 5.32 Å². The second-order valence-corrected chi connectivity index (χ2v) is 5.79. The first kappa shape index (κ1) is 15.9. The van der Waals surface area contributed by atoms with E-state index in [4.69, 9.17) is 0 Å². The molecular weight excluding hydrogens is 234 g/mol. The predicted molar refractivity (Wildman–Crippen MR) is 81.6 cm³/mol. The molecule has 1 aromatic rings. The maximum absolute atomic E-state index is 12.0. The Morgan fingerprint density at radius 1 is 1.11 bits per heavy atom. The van der Waals surface area contributed by atoms with Crippen LogP contribution in [0.5, 0.6) is 0 Å². The summed E-state index contributed by atoms with van der Waals surface area (Å²) < 4.78 is 0. The van der Waals surface area contributed by atoms with E-state index in [2.05, 4.69) is 57.3 Å². The zero-order chi connectivity index (χ0) is 14.4. The van der Waals surface area contributed by atoms with E-state index >= 15 is 0 Å². The van der Waals surface area contributed by atoms with Crippen molar-refractivity contribution in [2.75, 3.05) is 0 Å². The molecule has 0 aromatic heterocycles. The Morgan fingerprint density at radius 2 is 1.68 bits per heavy atom. The van der Waals surface area contributed by atoms with Crippen LogP contribution in [0, 0.1) is 0 Å². The van der Waals surface area contributed by atoms with Gasteiger partial charge in [-0.15, -0.1) is 0 Å². The highest BCUT2D eigenvalue weighted by Gasteiger charge is 2.17. The van der Waals surface area contributed by atoms with Crippen molar-refractivity contribution in [2.45, 2.75) is 65.5 Å². The van der Waals surface area contributed by atoms with Crippen molar-refractivity contribution in [2.24, 2.45) is 0 Å². The summed E-state index contributed by atoms with van der Waals surface area (Å²) in [6, 6.07) is 8.90. The summed E-state index contributed by atoms with van der Waals surface area (Å²) in [6.45, 7) is 10.5. The van der Waals surface area contributed by atoms with Crippen LogP contribution in [0.4, 0.5) is 0 Å². The van der Waals surface area contributed by atoms with Crippen LogP contribution >= 0.6 is 0 Å². The summed E-state index contributed by atoms with van der Waals surface area (Å²) in [6.07, 6.45) is 1.37. The van der Waals surface area contributed by atoms with Gasteiger partial charge in [-0.05, 0) is 23.5 Å². The molecule has 0 spiro atoms. The Hall–Kier alpha value is -1.15. The summed E-state index contributed by atoms with van der Waals surface area (Å²) in [5.41, 5.74) is 2.57. The van der Waals surface area contributed by atoms with Gasteiger partial charge in [0.2, 0.25) is 0 Å². The monoisotopic (exact) mass is 261 g/mol. The zero-order valence-electron chi connectivity index (χ0n) is 12.9. The number of ketones is 1. The summed E-state index contributed by atoms with van der Waals surface area (Å²) in [5, 5.41) is 3.37. The highest BCUT2D eigenvalue weighted by atomic mass is 16.1. The number of carbonyl (C=O) groups is 1. The molecule has 1 atom stereocenters. The first-order valence-corrected chi connectivity index (χ1v) is 7.31. The molecule has 0 saturated heterocycles. The quantitative estimate of drug-likeness (QED) is 0.811. The third kappa shape index (κ3) is 5.15. The SMILES string of the molecule is CCC(=O)C(Cc1ccc(C(C)C)cc1)NC(C)C. The van der Waals surface area contributed by atoms with Gasteiger partial charge >= 0.3 is 0 Å². The third-order valence-corrected chi connectivity index (χ3v) is 3.36. The molecule has 0 radical (unpaired) electrons. The topological polar surface area (TPSA) is 29.1 Å². The Kier molecular flexibility index (Phi) is 6.23. The van der Waals surface area contributed by atoms with Crippen molar-refractivity contribution in [3.05, 3.63) is 35.4 Å². The number of rotatable bonds is 7. The van der Waals surface area contributed by atoms with Crippen molar-refractivity contribution in [3.8, 4) is 0 Å². The molecule has 0 aliphatic rings. The number of Topliss-reactive ketones (excluding diaryl/α,β-unsaturated/α-hetero) is 1. The van der Waals surface area contributed by atoms with Gasteiger partial charge in [-0.3, -0.25) is 4.79 Å². The molecule has 19 heavy (non-hydrogen) atoms. The van der Waals surface area contributed by atoms with Crippen molar-refractivity contribution in [1.82, 2.24) is 5.32 Å². The summed E-state index contributed by atoms with van der Waals surface area (Å²) >= 11 is 0. The number of carbonyl (C=O) groups excluding carboxylic acids is 1. The van der Waals surface area contributed by atoms with E-state index in [9.17, 15) is 4.79 Å². The number of hydrogen-bond acceptors (Lipinski definition) is 2. The molecule has 2 nitrogen and oxygen atoms in total. The van der Waals surface area contributed by atoms with Crippen molar-refractivity contribution in [1.29, 1.82) is 0 Å². The van der Waals surface area contributed by atoms with E-state index in [1.54, 1.807) is 0 Å².